The summed E-state index contributed by atoms with van der Waals surface area (Å²) in [4.78, 5) is 17.6. The summed E-state index contributed by atoms with van der Waals surface area (Å²) in [6.45, 7) is 0. The molecule has 0 unspecified atom stereocenters. The first-order valence-corrected chi connectivity index (χ1v) is 10.2. The molecule has 0 aliphatic heterocycles. The Bertz CT molecular complexity index is 1580. The van der Waals surface area contributed by atoms with Crippen LogP contribution in [0.15, 0.2) is 76.2 Å². The van der Waals surface area contributed by atoms with Crippen molar-refractivity contribution in [1.29, 1.82) is 10.5 Å². The van der Waals surface area contributed by atoms with Crippen LogP contribution in [0.25, 0.3) is 35.0 Å². The summed E-state index contributed by atoms with van der Waals surface area (Å²) in [5.41, 5.74) is 3.79. The van der Waals surface area contributed by atoms with E-state index < -0.39 is 0 Å². The number of nitrogens with zero attached hydrogens (tertiary/aromatic N) is 4. The molecule has 2 aromatic carbocycles. The Kier molecular flexibility index (Phi) is 4.82. The Labute approximate surface area is 189 Å². The minimum Gasteiger partial charge on any atom is -0.437 e. The molecular weight excluding hydrogens is 412 g/mol. The Morgan fingerprint density at radius 1 is 1.00 bits per heavy atom. The van der Waals surface area contributed by atoms with Gasteiger partial charge in [0.15, 0.2) is 5.78 Å². The van der Waals surface area contributed by atoms with Crippen molar-refractivity contribution in [3.05, 3.63) is 100 Å². The smallest absolute Gasteiger partial charge is 0.245 e. The van der Waals surface area contributed by atoms with Gasteiger partial charge in [-0.05, 0) is 23.3 Å². The fraction of sp³-hybridized carbons (Fsp3) is 0.0370. The second-order valence-electron chi connectivity index (χ2n) is 7.52. The predicted molar refractivity (Wildman–Crippen MR) is 125 cm³/mol. The molecule has 0 saturated heterocycles. The molecule has 2 aromatic heterocycles. The lowest BCUT2D eigenvalue weighted by molar-refractivity contribution is 0.104. The summed E-state index contributed by atoms with van der Waals surface area (Å²) in [6.07, 6.45) is 5.46. The molecule has 2 heterocycles. The van der Waals surface area contributed by atoms with Gasteiger partial charge in [0.1, 0.15) is 34.8 Å². The number of allylic oxidation sites excluding steroid dienone is 3. The normalized spacial score (nSPS) is 14.1. The zero-order chi connectivity index (χ0) is 22.9. The molecule has 0 bridgehead atoms. The minimum atomic E-state index is -0.247. The van der Waals surface area contributed by atoms with Gasteiger partial charge in [-0.1, -0.05) is 60.7 Å². The molecule has 0 spiro atoms. The van der Waals surface area contributed by atoms with E-state index in [-0.39, 0.29) is 16.9 Å². The van der Waals surface area contributed by atoms with E-state index in [1.165, 1.54) is 0 Å². The molecule has 5 rings (SSSR count). The van der Waals surface area contributed by atoms with E-state index in [0.29, 0.717) is 28.2 Å². The molecule has 0 amide bonds. The number of hydrogen-bond donors (Lipinski definition) is 0. The number of hydrogen-bond acceptors (Lipinski definition) is 5. The molecule has 6 heteroatoms. The third kappa shape index (κ3) is 3.37. The number of carbonyl (C=O) groups excluding carboxylic acids is 1. The first kappa shape index (κ1) is 20.0. The first-order valence-electron chi connectivity index (χ1n) is 10.2. The summed E-state index contributed by atoms with van der Waals surface area (Å²) < 4.78 is 7.80. The average Bonchev–Trinajstić information content (AvgIpc) is 3.46. The number of nitriles is 2. The van der Waals surface area contributed by atoms with Crippen LogP contribution in [0.1, 0.15) is 33.1 Å². The van der Waals surface area contributed by atoms with E-state index in [4.69, 9.17) is 4.42 Å². The second-order valence-corrected chi connectivity index (χ2v) is 7.52. The minimum absolute atomic E-state index is 0.109. The van der Waals surface area contributed by atoms with E-state index in [2.05, 4.69) is 4.98 Å². The summed E-state index contributed by atoms with van der Waals surface area (Å²) in [6, 6.07) is 22.5. The largest absolute Gasteiger partial charge is 0.437 e. The zero-order valence-corrected chi connectivity index (χ0v) is 17.6. The Morgan fingerprint density at radius 2 is 1.70 bits per heavy atom. The predicted octanol–water partition coefficient (Wildman–Crippen LogP) is 5.42. The maximum Gasteiger partial charge on any atom is 0.245 e. The highest BCUT2D eigenvalue weighted by atomic mass is 16.3. The molecule has 33 heavy (non-hydrogen) atoms. The second kappa shape index (κ2) is 7.96. The Morgan fingerprint density at radius 3 is 2.39 bits per heavy atom. The van der Waals surface area contributed by atoms with Crippen molar-refractivity contribution in [3.63, 3.8) is 0 Å². The molecule has 0 atom stereocenters. The van der Waals surface area contributed by atoms with Crippen molar-refractivity contribution in [2.24, 2.45) is 7.05 Å². The molecule has 156 valence electrons. The van der Waals surface area contributed by atoms with Gasteiger partial charge in [-0.2, -0.15) is 15.5 Å². The Hall–Kier alpha value is -4.94. The molecule has 0 N–H and O–H groups in total. The maximum atomic E-state index is 13.0. The third-order valence-corrected chi connectivity index (χ3v) is 5.57. The highest BCUT2D eigenvalue weighted by Gasteiger charge is 2.32. The standard InChI is InChI=1S/C27H16N4O2/c1-31-23-14-19(33-27(23)30-24(31)12-11-17-7-3-2-4-8-17)13-22-25(18(15-28)16-29)20-9-5-6-10-21(20)26(22)32/h2-14H,1H3/b12-11+,22-13-. The van der Waals surface area contributed by atoms with E-state index in [1.54, 1.807) is 36.4 Å². The average molecular weight is 428 g/mol. The van der Waals surface area contributed by atoms with E-state index in [0.717, 1.165) is 16.9 Å². The highest BCUT2D eigenvalue weighted by Crippen LogP contribution is 2.40. The number of aryl methyl sites for hydroxylation is 1. The number of rotatable bonds is 3. The number of furan rings is 1. The van der Waals surface area contributed by atoms with Gasteiger partial charge in [-0.15, -0.1) is 0 Å². The van der Waals surface area contributed by atoms with Gasteiger partial charge in [0, 0.05) is 29.8 Å². The number of aromatic nitrogens is 2. The lowest BCUT2D eigenvalue weighted by Gasteiger charge is -2.01. The van der Waals surface area contributed by atoms with Gasteiger partial charge in [0.05, 0.1) is 0 Å². The number of benzene rings is 2. The van der Waals surface area contributed by atoms with Crippen LogP contribution < -0.4 is 0 Å². The fourth-order valence-corrected chi connectivity index (χ4v) is 3.96. The van der Waals surface area contributed by atoms with Crippen LogP contribution in [0, 0.1) is 22.7 Å². The van der Waals surface area contributed by atoms with Gasteiger partial charge >= 0.3 is 0 Å². The van der Waals surface area contributed by atoms with Crippen LogP contribution in [0.2, 0.25) is 0 Å². The first-order chi connectivity index (χ1) is 16.1. The third-order valence-electron chi connectivity index (χ3n) is 5.57. The van der Waals surface area contributed by atoms with Crippen molar-refractivity contribution in [3.8, 4) is 12.1 Å². The lowest BCUT2D eigenvalue weighted by atomic mass is 9.99. The summed E-state index contributed by atoms with van der Waals surface area (Å²) >= 11 is 0. The van der Waals surface area contributed by atoms with Crippen LogP contribution in [-0.4, -0.2) is 15.3 Å². The van der Waals surface area contributed by atoms with Gasteiger partial charge in [-0.3, -0.25) is 4.79 Å². The summed E-state index contributed by atoms with van der Waals surface area (Å²) in [7, 11) is 1.89. The van der Waals surface area contributed by atoms with Crippen LogP contribution in [-0.2, 0) is 7.05 Å². The lowest BCUT2D eigenvalue weighted by Crippen LogP contribution is -1.95. The quantitative estimate of drug-likeness (QED) is 0.321. The van der Waals surface area contributed by atoms with Gasteiger partial charge in [0.25, 0.3) is 0 Å². The SMILES string of the molecule is Cn1c(/C=C/c2ccccc2)nc2oc(/C=C3\C(=O)c4ccccc4C3=C(C#N)C#N)cc21. The number of Topliss-reactive ketones (excluding diaryl/α,β-unsaturated/α-hetero) is 1. The van der Waals surface area contributed by atoms with E-state index in [1.807, 2.05) is 66.2 Å². The molecule has 1 aliphatic carbocycles. The molecule has 0 saturated carbocycles. The molecule has 1 aliphatic rings. The Balaban J connectivity index is 1.56. The van der Waals surface area contributed by atoms with Crippen LogP contribution in [0.3, 0.4) is 0 Å². The number of ketones is 1. The van der Waals surface area contributed by atoms with Crippen LogP contribution >= 0.6 is 0 Å². The van der Waals surface area contributed by atoms with Crippen LogP contribution in [0.5, 0.6) is 0 Å². The van der Waals surface area contributed by atoms with Gasteiger partial charge < -0.3 is 8.98 Å². The monoisotopic (exact) mass is 428 g/mol. The van der Waals surface area contributed by atoms with E-state index >= 15 is 0 Å². The topological polar surface area (TPSA) is 95.6 Å². The highest BCUT2D eigenvalue weighted by molar-refractivity contribution is 6.29. The molecule has 6 nitrogen and oxygen atoms in total. The molecular formula is C27H16N4O2. The number of fused-ring (bicyclic) bond motifs is 2. The van der Waals surface area contributed by atoms with Crippen LogP contribution in [0.4, 0.5) is 0 Å². The number of imidazole rings is 1. The van der Waals surface area contributed by atoms with Gasteiger partial charge in [-0.25, -0.2) is 0 Å². The van der Waals surface area contributed by atoms with Crippen molar-refractivity contribution >= 4 is 40.8 Å². The van der Waals surface area contributed by atoms with Crippen molar-refractivity contribution in [2.45, 2.75) is 0 Å². The van der Waals surface area contributed by atoms with Crippen molar-refractivity contribution in [2.75, 3.05) is 0 Å². The summed E-state index contributed by atoms with van der Waals surface area (Å²) in [5.74, 6) is 0.905. The van der Waals surface area contributed by atoms with E-state index in [9.17, 15) is 15.3 Å². The summed E-state index contributed by atoms with van der Waals surface area (Å²) in [5, 5.41) is 18.9. The molecule has 4 aromatic rings. The number of carbonyl (C=O) groups is 1. The van der Waals surface area contributed by atoms with Crippen molar-refractivity contribution < 1.29 is 9.21 Å². The fourth-order valence-electron chi connectivity index (χ4n) is 3.96. The van der Waals surface area contributed by atoms with Crippen molar-refractivity contribution in [1.82, 2.24) is 9.55 Å². The maximum absolute atomic E-state index is 13.0. The van der Waals surface area contributed by atoms with Gasteiger partial charge in [0.2, 0.25) is 5.71 Å². The zero-order valence-electron chi connectivity index (χ0n) is 17.6. The molecule has 0 radical (unpaired) electrons. The molecule has 0 fully saturated rings.